The van der Waals surface area contributed by atoms with Crippen molar-refractivity contribution >= 4 is 17.8 Å². The van der Waals surface area contributed by atoms with Crippen molar-refractivity contribution in [2.24, 2.45) is 5.92 Å². The van der Waals surface area contributed by atoms with Gasteiger partial charge in [-0.1, -0.05) is 0 Å². The Morgan fingerprint density at radius 2 is 1.93 bits per heavy atom. The van der Waals surface area contributed by atoms with Gasteiger partial charge in [0.05, 0.1) is 24.4 Å². The molecule has 7 nitrogen and oxygen atoms in total. The Kier molecular flexibility index (Phi) is 5.92. The standard InChI is InChI=1S/C17H24F3N3O4S/c1-16(2,3)27-15(24)23-9-10-5-6-11(23)12(10)26-14-13(21-28-22-14)25-8-4-7-17(18,19)20/h10-12H,4-9H2,1-3H3. The van der Waals surface area contributed by atoms with E-state index < -0.39 is 18.2 Å². The van der Waals surface area contributed by atoms with Crippen LogP contribution < -0.4 is 9.47 Å². The number of piperidine rings is 1. The molecule has 2 bridgehead atoms. The lowest BCUT2D eigenvalue weighted by atomic mass is 10.1. The summed E-state index contributed by atoms with van der Waals surface area (Å²) in [5.41, 5.74) is -0.578. The lowest BCUT2D eigenvalue weighted by Gasteiger charge is -2.30. The molecule has 2 aliphatic rings. The van der Waals surface area contributed by atoms with Gasteiger partial charge < -0.3 is 19.1 Å². The van der Waals surface area contributed by atoms with Gasteiger partial charge in [0.1, 0.15) is 11.7 Å². The second-order valence-corrected chi connectivity index (χ2v) is 8.59. The number of hydrogen-bond donors (Lipinski definition) is 0. The first-order valence-electron chi connectivity index (χ1n) is 9.22. The van der Waals surface area contributed by atoms with Crippen molar-refractivity contribution in [3.63, 3.8) is 0 Å². The lowest BCUT2D eigenvalue weighted by molar-refractivity contribution is -0.136. The maximum Gasteiger partial charge on any atom is 0.410 e. The highest BCUT2D eigenvalue weighted by Crippen LogP contribution is 2.42. The number of rotatable bonds is 6. The first-order valence-corrected chi connectivity index (χ1v) is 9.95. The third-order valence-corrected chi connectivity index (χ3v) is 5.15. The maximum absolute atomic E-state index is 12.4. The molecule has 1 aliphatic heterocycles. The van der Waals surface area contributed by atoms with E-state index in [2.05, 4.69) is 8.75 Å². The number of hydrogen-bond acceptors (Lipinski definition) is 7. The van der Waals surface area contributed by atoms with Gasteiger partial charge >= 0.3 is 12.3 Å². The van der Waals surface area contributed by atoms with Crippen molar-refractivity contribution in [3.8, 4) is 11.8 Å². The molecule has 158 valence electrons. The quantitative estimate of drug-likeness (QED) is 0.643. The molecule has 1 aromatic rings. The Labute approximate surface area is 165 Å². The number of alkyl halides is 3. The van der Waals surface area contributed by atoms with Crippen LogP contribution >= 0.6 is 11.7 Å². The molecule has 3 unspecified atom stereocenters. The summed E-state index contributed by atoms with van der Waals surface area (Å²) in [4.78, 5) is 14.1. The van der Waals surface area contributed by atoms with Crippen LogP contribution in [0.5, 0.6) is 11.8 Å². The molecule has 1 aliphatic carbocycles. The van der Waals surface area contributed by atoms with Gasteiger partial charge in [-0.15, -0.1) is 8.75 Å². The Morgan fingerprint density at radius 3 is 2.61 bits per heavy atom. The monoisotopic (exact) mass is 423 g/mol. The van der Waals surface area contributed by atoms with Gasteiger partial charge in [-0.05, 0) is 40.0 Å². The van der Waals surface area contributed by atoms with E-state index in [1.54, 1.807) is 4.90 Å². The second-order valence-electron chi connectivity index (χ2n) is 8.06. The minimum atomic E-state index is -4.21. The highest BCUT2D eigenvalue weighted by atomic mass is 32.1. The fourth-order valence-corrected chi connectivity index (χ4v) is 3.99. The fourth-order valence-electron chi connectivity index (χ4n) is 3.55. The SMILES string of the molecule is CC(C)(C)OC(=O)N1CC2CCC1C2Oc1nsnc1OCCCC(F)(F)F. The maximum atomic E-state index is 12.4. The van der Waals surface area contributed by atoms with Gasteiger partial charge in [0.2, 0.25) is 0 Å². The highest BCUT2D eigenvalue weighted by Gasteiger charge is 2.51. The zero-order valence-corrected chi connectivity index (χ0v) is 16.8. The predicted molar refractivity (Wildman–Crippen MR) is 94.6 cm³/mol. The second kappa shape index (κ2) is 7.92. The summed E-state index contributed by atoms with van der Waals surface area (Å²) in [5, 5.41) is 0. The van der Waals surface area contributed by atoms with Crippen molar-refractivity contribution in [3.05, 3.63) is 0 Å². The molecule has 1 saturated carbocycles. The molecule has 0 N–H and O–H groups in total. The van der Waals surface area contributed by atoms with Crippen molar-refractivity contribution < 1.29 is 32.2 Å². The normalized spacial score (nSPS) is 24.5. The largest absolute Gasteiger partial charge is 0.473 e. The lowest BCUT2D eigenvalue weighted by Crippen LogP contribution is -2.43. The Bertz CT molecular complexity index is 692. The molecule has 2 heterocycles. The molecule has 28 heavy (non-hydrogen) atoms. The van der Waals surface area contributed by atoms with Crippen LogP contribution in [-0.4, -0.2) is 56.8 Å². The molecule has 11 heteroatoms. The number of nitrogens with zero attached hydrogens (tertiary/aromatic N) is 3. The van der Waals surface area contributed by atoms with Crippen LogP contribution in [0.1, 0.15) is 46.5 Å². The van der Waals surface area contributed by atoms with Gasteiger partial charge in [-0.2, -0.15) is 13.2 Å². The van der Waals surface area contributed by atoms with E-state index in [-0.39, 0.29) is 48.9 Å². The molecule has 3 rings (SSSR count). The molecule has 2 fully saturated rings. The Morgan fingerprint density at radius 1 is 1.21 bits per heavy atom. The van der Waals surface area contributed by atoms with Crippen molar-refractivity contribution in [1.82, 2.24) is 13.6 Å². The van der Waals surface area contributed by atoms with E-state index in [9.17, 15) is 18.0 Å². The number of likely N-dealkylation sites (tertiary alicyclic amines) is 1. The third kappa shape index (κ3) is 5.18. The van der Waals surface area contributed by atoms with E-state index in [1.807, 2.05) is 20.8 Å². The number of carbonyl (C=O) groups is 1. The Hall–Kier alpha value is -1.78. The minimum absolute atomic E-state index is 0.0993. The number of amides is 1. The summed E-state index contributed by atoms with van der Waals surface area (Å²) >= 11 is 0.874. The molecule has 0 spiro atoms. The molecule has 1 saturated heterocycles. The van der Waals surface area contributed by atoms with Crippen LogP contribution in [0.15, 0.2) is 0 Å². The predicted octanol–water partition coefficient (Wildman–Crippen LogP) is 4.04. The molecular formula is C17H24F3N3O4S. The molecule has 0 aromatic carbocycles. The molecule has 1 amide bonds. The average Bonchev–Trinajstić information content (AvgIpc) is 3.25. The van der Waals surface area contributed by atoms with E-state index >= 15 is 0 Å². The summed E-state index contributed by atoms with van der Waals surface area (Å²) < 4.78 is 61.4. The summed E-state index contributed by atoms with van der Waals surface area (Å²) in [6.45, 7) is 5.87. The van der Waals surface area contributed by atoms with Crippen molar-refractivity contribution in [1.29, 1.82) is 0 Å². The average molecular weight is 423 g/mol. The van der Waals surface area contributed by atoms with E-state index in [1.165, 1.54) is 0 Å². The number of aromatic nitrogens is 2. The molecule has 1 aromatic heterocycles. The number of ether oxygens (including phenoxy) is 3. The minimum Gasteiger partial charge on any atom is -0.473 e. The smallest absolute Gasteiger partial charge is 0.410 e. The molecule has 0 radical (unpaired) electrons. The van der Waals surface area contributed by atoms with Gasteiger partial charge in [0, 0.05) is 18.9 Å². The van der Waals surface area contributed by atoms with Crippen molar-refractivity contribution in [2.45, 2.75) is 70.4 Å². The van der Waals surface area contributed by atoms with Gasteiger partial charge in [0.25, 0.3) is 11.8 Å². The zero-order chi connectivity index (χ0) is 20.5. The van der Waals surface area contributed by atoms with Crippen LogP contribution in [0.2, 0.25) is 0 Å². The number of carbonyl (C=O) groups excluding carboxylic acids is 1. The molecule has 3 atom stereocenters. The van der Waals surface area contributed by atoms with Crippen LogP contribution in [0.4, 0.5) is 18.0 Å². The summed E-state index contributed by atoms with van der Waals surface area (Å²) in [6.07, 6.45) is -4.19. The fraction of sp³-hybridized carbons (Fsp3) is 0.824. The first kappa shape index (κ1) is 20.9. The van der Waals surface area contributed by atoms with Gasteiger partial charge in [0.15, 0.2) is 0 Å². The number of halogens is 3. The zero-order valence-electron chi connectivity index (χ0n) is 16.0. The summed E-state index contributed by atoms with van der Waals surface area (Å²) in [7, 11) is 0. The van der Waals surface area contributed by atoms with E-state index in [0.29, 0.717) is 6.54 Å². The van der Waals surface area contributed by atoms with Gasteiger partial charge in [-0.3, -0.25) is 0 Å². The number of fused-ring (bicyclic) bond motifs is 2. The summed E-state index contributed by atoms with van der Waals surface area (Å²) in [6, 6.07) is -0.125. The van der Waals surface area contributed by atoms with Crippen molar-refractivity contribution in [2.75, 3.05) is 13.2 Å². The van der Waals surface area contributed by atoms with E-state index in [0.717, 1.165) is 24.6 Å². The van der Waals surface area contributed by atoms with Crippen LogP contribution in [-0.2, 0) is 4.74 Å². The topological polar surface area (TPSA) is 73.8 Å². The van der Waals surface area contributed by atoms with E-state index in [4.69, 9.17) is 14.2 Å². The third-order valence-electron chi connectivity index (χ3n) is 4.66. The highest BCUT2D eigenvalue weighted by molar-refractivity contribution is 6.99. The van der Waals surface area contributed by atoms with Crippen LogP contribution in [0.25, 0.3) is 0 Å². The van der Waals surface area contributed by atoms with Crippen LogP contribution in [0.3, 0.4) is 0 Å². The first-order chi connectivity index (χ1) is 13.0. The summed E-state index contributed by atoms with van der Waals surface area (Å²) in [5.74, 6) is 0.421. The molecular weight excluding hydrogens is 399 g/mol. The van der Waals surface area contributed by atoms with Crippen LogP contribution in [0, 0.1) is 5.92 Å². The van der Waals surface area contributed by atoms with Gasteiger partial charge in [-0.25, -0.2) is 4.79 Å². The Balaban J connectivity index is 1.56.